The van der Waals surface area contributed by atoms with Crippen molar-refractivity contribution in [2.75, 3.05) is 0 Å². The lowest BCUT2D eigenvalue weighted by atomic mass is 9.86. The van der Waals surface area contributed by atoms with Gasteiger partial charge in [0.15, 0.2) is 0 Å². The average Bonchev–Trinajstić information content (AvgIpc) is 2.34. The monoisotopic (exact) mass is 281 g/mol. The summed E-state index contributed by atoms with van der Waals surface area (Å²) < 4.78 is 27.1. The van der Waals surface area contributed by atoms with Crippen molar-refractivity contribution in [3.63, 3.8) is 0 Å². The molecule has 1 atom stereocenters. The molecule has 19 heavy (non-hydrogen) atoms. The largest absolute Gasteiger partial charge is 0.321 e. The van der Waals surface area contributed by atoms with Gasteiger partial charge >= 0.3 is 0 Å². The summed E-state index contributed by atoms with van der Waals surface area (Å²) in [6.07, 6.45) is 0.321. The number of rotatable bonds is 3. The molecule has 4 heteroatoms. The maximum absolute atomic E-state index is 13.8. The van der Waals surface area contributed by atoms with Crippen LogP contribution in [0.5, 0.6) is 0 Å². The molecule has 0 aliphatic carbocycles. The second kappa shape index (κ2) is 5.27. The van der Waals surface area contributed by atoms with Crippen molar-refractivity contribution >= 4 is 11.6 Å². The summed E-state index contributed by atoms with van der Waals surface area (Å²) in [7, 11) is 0. The molecule has 0 amide bonds. The lowest BCUT2D eigenvalue weighted by Gasteiger charge is -2.26. The second-order valence-corrected chi connectivity index (χ2v) is 5.23. The lowest BCUT2D eigenvalue weighted by Crippen LogP contribution is -2.36. The van der Waals surface area contributed by atoms with Gasteiger partial charge in [-0.1, -0.05) is 35.9 Å². The maximum atomic E-state index is 13.8. The third-order valence-electron chi connectivity index (χ3n) is 3.04. The van der Waals surface area contributed by atoms with Crippen LogP contribution < -0.4 is 5.73 Å². The Morgan fingerprint density at radius 2 is 1.79 bits per heavy atom. The van der Waals surface area contributed by atoms with E-state index in [0.29, 0.717) is 17.5 Å². The van der Waals surface area contributed by atoms with Crippen LogP contribution in [-0.2, 0) is 12.0 Å². The summed E-state index contributed by atoms with van der Waals surface area (Å²) in [4.78, 5) is 0. The highest BCUT2D eigenvalue weighted by molar-refractivity contribution is 6.30. The Morgan fingerprint density at radius 1 is 1.11 bits per heavy atom. The van der Waals surface area contributed by atoms with E-state index in [-0.39, 0.29) is 10.8 Å². The molecule has 0 saturated heterocycles. The van der Waals surface area contributed by atoms with Gasteiger partial charge in [0.1, 0.15) is 11.6 Å². The molecule has 0 aliphatic heterocycles. The van der Waals surface area contributed by atoms with E-state index >= 15 is 0 Å². The predicted octanol–water partition coefficient (Wildman–Crippen LogP) is 4.03. The standard InChI is InChI=1S/C15H14ClF2N/c1-15(19,11-4-2-3-5-13(11)17)9-10-6-7-12(16)14(18)8-10/h2-8H,9,19H2,1H3. The Hall–Kier alpha value is -1.45. The summed E-state index contributed by atoms with van der Waals surface area (Å²) in [5.41, 5.74) is 6.34. The molecule has 2 aromatic rings. The van der Waals surface area contributed by atoms with Gasteiger partial charge in [-0.3, -0.25) is 0 Å². The molecule has 0 radical (unpaired) electrons. The molecule has 0 bridgehead atoms. The third-order valence-corrected chi connectivity index (χ3v) is 3.35. The second-order valence-electron chi connectivity index (χ2n) is 4.82. The molecule has 0 heterocycles. The quantitative estimate of drug-likeness (QED) is 0.903. The van der Waals surface area contributed by atoms with Crippen LogP contribution in [0.15, 0.2) is 42.5 Å². The first-order valence-corrected chi connectivity index (χ1v) is 6.26. The minimum absolute atomic E-state index is 0.0633. The summed E-state index contributed by atoms with van der Waals surface area (Å²) in [5.74, 6) is -0.856. The van der Waals surface area contributed by atoms with Crippen molar-refractivity contribution in [3.05, 3.63) is 70.2 Å². The molecule has 0 aliphatic rings. The van der Waals surface area contributed by atoms with E-state index in [9.17, 15) is 8.78 Å². The van der Waals surface area contributed by atoms with Crippen LogP contribution in [-0.4, -0.2) is 0 Å². The highest BCUT2D eigenvalue weighted by Crippen LogP contribution is 2.26. The topological polar surface area (TPSA) is 26.0 Å². The molecule has 2 rings (SSSR count). The average molecular weight is 282 g/mol. The van der Waals surface area contributed by atoms with Crippen molar-refractivity contribution in [2.24, 2.45) is 5.73 Å². The van der Waals surface area contributed by atoms with Crippen LogP contribution in [0.2, 0.25) is 5.02 Å². The zero-order chi connectivity index (χ0) is 14.0. The van der Waals surface area contributed by atoms with E-state index in [4.69, 9.17) is 17.3 Å². The molecule has 2 aromatic carbocycles. The van der Waals surface area contributed by atoms with Crippen molar-refractivity contribution in [3.8, 4) is 0 Å². The van der Waals surface area contributed by atoms with Gasteiger partial charge in [-0.2, -0.15) is 0 Å². The van der Waals surface area contributed by atoms with E-state index in [1.54, 1.807) is 31.2 Å². The number of hydrogen-bond acceptors (Lipinski definition) is 1. The first-order valence-electron chi connectivity index (χ1n) is 5.88. The lowest BCUT2D eigenvalue weighted by molar-refractivity contribution is 0.456. The van der Waals surface area contributed by atoms with Gasteiger partial charge in [-0.25, -0.2) is 8.78 Å². The zero-order valence-corrected chi connectivity index (χ0v) is 11.2. The van der Waals surface area contributed by atoms with E-state index < -0.39 is 11.4 Å². The van der Waals surface area contributed by atoms with Crippen molar-refractivity contribution in [1.29, 1.82) is 0 Å². The number of hydrogen-bond donors (Lipinski definition) is 1. The molecule has 0 spiro atoms. The van der Waals surface area contributed by atoms with Crippen LogP contribution in [0.3, 0.4) is 0 Å². The molecule has 2 N–H and O–H groups in total. The van der Waals surface area contributed by atoms with Gasteiger partial charge in [0.2, 0.25) is 0 Å². The van der Waals surface area contributed by atoms with Gasteiger partial charge < -0.3 is 5.73 Å². The fraction of sp³-hybridized carbons (Fsp3) is 0.200. The highest BCUT2D eigenvalue weighted by Gasteiger charge is 2.25. The predicted molar refractivity (Wildman–Crippen MR) is 73.1 cm³/mol. The van der Waals surface area contributed by atoms with E-state index in [2.05, 4.69) is 0 Å². The number of nitrogens with two attached hydrogens (primary N) is 1. The smallest absolute Gasteiger partial charge is 0.142 e. The molecule has 0 fully saturated rings. The Morgan fingerprint density at radius 3 is 2.42 bits per heavy atom. The molecular formula is C15H14ClF2N. The zero-order valence-electron chi connectivity index (χ0n) is 10.5. The summed E-state index contributed by atoms with van der Waals surface area (Å²) in [6, 6.07) is 10.8. The number of benzene rings is 2. The Balaban J connectivity index is 2.31. The molecule has 100 valence electrons. The van der Waals surface area contributed by atoms with Crippen LogP contribution in [0.1, 0.15) is 18.1 Å². The van der Waals surface area contributed by atoms with Gasteiger partial charge in [-0.15, -0.1) is 0 Å². The van der Waals surface area contributed by atoms with Gasteiger partial charge in [0, 0.05) is 11.1 Å². The van der Waals surface area contributed by atoms with Crippen molar-refractivity contribution < 1.29 is 8.78 Å². The first kappa shape index (κ1) is 14.0. The van der Waals surface area contributed by atoms with Gasteiger partial charge in [-0.05, 0) is 37.1 Å². The van der Waals surface area contributed by atoms with E-state index in [0.717, 1.165) is 0 Å². The normalized spacial score (nSPS) is 14.2. The number of halogens is 3. The van der Waals surface area contributed by atoms with Crippen LogP contribution >= 0.6 is 11.6 Å². The van der Waals surface area contributed by atoms with Crippen LogP contribution in [0.25, 0.3) is 0 Å². The molecule has 0 aromatic heterocycles. The Kier molecular flexibility index (Phi) is 3.88. The fourth-order valence-electron chi connectivity index (χ4n) is 2.09. The summed E-state index contributed by atoms with van der Waals surface area (Å²) >= 11 is 5.63. The minimum atomic E-state index is -0.911. The third kappa shape index (κ3) is 3.11. The molecular weight excluding hydrogens is 268 g/mol. The SMILES string of the molecule is CC(N)(Cc1ccc(Cl)c(F)c1)c1ccccc1F. The first-order chi connectivity index (χ1) is 8.90. The highest BCUT2D eigenvalue weighted by atomic mass is 35.5. The van der Waals surface area contributed by atoms with Gasteiger partial charge in [0.05, 0.1) is 5.02 Å². The Bertz CT molecular complexity index is 596. The summed E-state index contributed by atoms with van der Waals surface area (Å²) in [6.45, 7) is 1.72. The molecule has 1 nitrogen and oxygen atoms in total. The minimum Gasteiger partial charge on any atom is -0.321 e. The Labute approximate surface area is 116 Å². The van der Waals surface area contributed by atoms with Crippen LogP contribution in [0.4, 0.5) is 8.78 Å². The van der Waals surface area contributed by atoms with Gasteiger partial charge in [0.25, 0.3) is 0 Å². The van der Waals surface area contributed by atoms with Crippen LogP contribution in [0, 0.1) is 11.6 Å². The van der Waals surface area contributed by atoms with Crippen molar-refractivity contribution in [2.45, 2.75) is 18.9 Å². The maximum Gasteiger partial charge on any atom is 0.142 e. The summed E-state index contributed by atoms with van der Waals surface area (Å²) in [5, 5.41) is 0.0633. The fourth-order valence-corrected chi connectivity index (χ4v) is 2.21. The van der Waals surface area contributed by atoms with E-state index in [1.807, 2.05) is 0 Å². The molecule has 1 unspecified atom stereocenters. The van der Waals surface area contributed by atoms with E-state index in [1.165, 1.54) is 18.2 Å². The molecule has 0 saturated carbocycles. The van der Waals surface area contributed by atoms with Crippen molar-refractivity contribution in [1.82, 2.24) is 0 Å².